The minimum Gasteiger partial charge on any atom is -0.366 e. The van der Waals surface area contributed by atoms with Gasteiger partial charge in [0.05, 0.1) is 0 Å². The molecule has 9 heavy (non-hydrogen) atoms. The first-order valence-corrected chi connectivity index (χ1v) is 3.65. The Morgan fingerprint density at radius 3 is 1.44 bits per heavy atom. The zero-order valence-electron chi connectivity index (χ0n) is 6.22. The predicted molar refractivity (Wildman–Crippen MR) is 37.0 cm³/mol. The molecule has 0 saturated heterocycles. The first-order valence-electron chi connectivity index (χ1n) is 3.65. The first-order chi connectivity index (χ1) is 4.21. The lowest BCUT2D eigenvalue weighted by Crippen LogP contribution is -2.21. The highest BCUT2D eigenvalue weighted by Gasteiger charge is 2.26. The average molecular weight is 132 g/mol. The molecular weight excluding hydrogens is 116 g/mol. The van der Waals surface area contributed by atoms with Gasteiger partial charge in [0, 0.05) is 12.8 Å². The summed E-state index contributed by atoms with van der Waals surface area (Å²) in [5.74, 6) is -1.31. The maximum Gasteiger partial charge on any atom is 0.162 e. The van der Waals surface area contributed by atoms with E-state index in [2.05, 4.69) is 0 Å². The molecular formula is C7H16O2. The zero-order chi connectivity index (χ0) is 7.33. The third-order valence-corrected chi connectivity index (χ3v) is 1.40. The molecule has 56 valence electrons. The van der Waals surface area contributed by atoms with Crippen LogP contribution in [0, 0.1) is 0 Å². The minimum atomic E-state index is -1.31. The molecule has 1 aliphatic carbocycles. The van der Waals surface area contributed by atoms with Crippen LogP contribution in [-0.2, 0) is 0 Å². The molecule has 0 amide bonds. The highest BCUT2D eigenvalue weighted by atomic mass is 16.5. The van der Waals surface area contributed by atoms with Gasteiger partial charge in [-0.3, -0.25) is 0 Å². The Kier molecular flexibility index (Phi) is 3.82. The molecule has 1 rings (SSSR count). The van der Waals surface area contributed by atoms with E-state index in [-0.39, 0.29) is 0 Å². The number of hydrogen-bond acceptors (Lipinski definition) is 2. The monoisotopic (exact) mass is 132 g/mol. The van der Waals surface area contributed by atoms with Crippen LogP contribution in [0.5, 0.6) is 0 Å². The Labute approximate surface area is 56.5 Å². The van der Waals surface area contributed by atoms with E-state index in [0.717, 1.165) is 12.8 Å². The largest absolute Gasteiger partial charge is 0.366 e. The second-order valence-electron chi connectivity index (χ2n) is 2.19. The number of hydrogen-bond donors (Lipinski definition) is 2. The quantitative estimate of drug-likeness (QED) is 0.487. The second kappa shape index (κ2) is 3.85. The summed E-state index contributed by atoms with van der Waals surface area (Å²) in [4.78, 5) is 0. The SMILES string of the molecule is CC.OC1(O)CCCC1. The van der Waals surface area contributed by atoms with E-state index >= 15 is 0 Å². The van der Waals surface area contributed by atoms with Crippen LogP contribution in [0.1, 0.15) is 39.5 Å². The van der Waals surface area contributed by atoms with Crippen LogP contribution in [0.25, 0.3) is 0 Å². The highest BCUT2D eigenvalue weighted by Crippen LogP contribution is 2.25. The Hall–Kier alpha value is -0.0800. The van der Waals surface area contributed by atoms with Crippen LogP contribution in [0.2, 0.25) is 0 Å². The van der Waals surface area contributed by atoms with E-state index in [0.29, 0.717) is 12.8 Å². The van der Waals surface area contributed by atoms with Gasteiger partial charge in [-0.2, -0.15) is 0 Å². The molecule has 0 aromatic rings. The van der Waals surface area contributed by atoms with E-state index in [4.69, 9.17) is 10.2 Å². The van der Waals surface area contributed by atoms with Crippen molar-refractivity contribution in [2.45, 2.75) is 45.3 Å². The van der Waals surface area contributed by atoms with E-state index in [9.17, 15) is 0 Å². The average Bonchev–Trinajstić information content (AvgIpc) is 2.19. The zero-order valence-corrected chi connectivity index (χ0v) is 6.22. The lowest BCUT2D eigenvalue weighted by Gasteiger charge is -2.11. The van der Waals surface area contributed by atoms with Gasteiger partial charge in [-0.15, -0.1) is 0 Å². The van der Waals surface area contributed by atoms with Crippen molar-refractivity contribution in [2.75, 3.05) is 0 Å². The Morgan fingerprint density at radius 1 is 1.00 bits per heavy atom. The number of aliphatic hydroxyl groups is 2. The van der Waals surface area contributed by atoms with Crippen molar-refractivity contribution in [1.29, 1.82) is 0 Å². The van der Waals surface area contributed by atoms with Crippen molar-refractivity contribution in [3.05, 3.63) is 0 Å². The third-order valence-electron chi connectivity index (χ3n) is 1.40. The third kappa shape index (κ3) is 3.49. The summed E-state index contributed by atoms with van der Waals surface area (Å²) < 4.78 is 0. The van der Waals surface area contributed by atoms with E-state index in [1.165, 1.54) is 0 Å². The van der Waals surface area contributed by atoms with Gasteiger partial charge < -0.3 is 10.2 Å². The lowest BCUT2D eigenvalue weighted by molar-refractivity contribution is -0.152. The summed E-state index contributed by atoms with van der Waals surface area (Å²) in [7, 11) is 0. The Balaban J connectivity index is 0.000000291. The summed E-state index contributed by atoms with van der Waals surface area (Å²) in [5, 5.41) is 17.5. The first kappa shape index (κ1) is 8.92. The number of rotatable bonds is 0. The fraction of sp³-hybridized carbons (Fsp3) is 1.00. The topological polar surface area (TPSA) is 40.5 Å². The van der Waals surface area contributed by atoms with Crippen LogP contribution >= 0.6 is 0 Å². The van der Waals surface area contributed by atoms with Crippen molar-refractivity contribution < 1.29 is 10.2 Å². The summed E-state index contributed by atoms with van der Waals surface area (Å²) in [6, 6.07) is 0. The van der Waals surface area contributed by atoms with E-state index < -0.39 is 5.79 Å². The molecule has 1 saturated carbocycles. The van der Waals surface area contributed by atoms with Crippen LogP contribution in [0.4, 0.5) is 0 Å². The fourth-order valence-electron chi connectivity index (χ4n) is 0.941. The Bertz CT molecular complexity index is 61.3. The van der Waals surface area contributed by atoms with Crippen LogP contribution in [-0.4, -0.2) is 16.0 Å². The fourth-order valence-corrected chi connectivity index (χ4v) is 0.941. The second-order valence-corrected chi connectivity index (χ2v) is 2.19. The van der Waals surface area contributed by atoms with Crippen LogP contribution < -0.4 is 0 Å². The molecule has 0 unspecified atom stereocenters. The molecule has 0 aliphatic heterocycles. The maximum atomic E-state index is 8.75. The molecule has 2 N–H and O–H groups in total. The molecule has 2 heteroatoms. The summed E-state index contributed by atoms with van der Waals surface area (Å²) >= 11 is 0. The highest BCUT2D eigenvalue weighted by molar-refractivity contribution is 4.71. The summed E-state index contributed by atoms with van der Waals surface area (Å²) in [6.45, 7) is 4.00. The molecule has 2 nitrogen and oxygen atoms in total. The van der Waals surface area contributed by atoms with Gasteiger partial charge in [0.25, 0.3) is 0 Å². The normalized spacial score (nSPS) is 22.7. The van der Waals surface area contributed by atoms with Crippen molar-refractivity contribution in [3.63, 3.8) is 0 Å². The van der Waals surface area contributed by atoms with Crippen molar-refractivity contribution in [2.24, 2.45) is 0 Å². The van der Waals surface area contributed by atoms with Gasteiger partial charge in [0.15, 0.2) is 5.79 Å². The van der Waals surface area contributed by atoms with E-state index in [1.807, 2.05) is 13.8 Å². The van der Waals surface area contributed by atoms with Gasteiger partial charge in [-0.05, 0) is 12.8 Å². The molecule has 1 fully saturated rings. The molecule has 0 atom stereocenters. The smallest absolute Gasteiger partial charge is 0.162 e. The lowest BCUT2D eigenvalue weighted by atomic mass is 10.2. The van der Waals surface area contributed by atoms with E-state index in [1.54, 1.807) is 0 Å². The minimum absolute atomic E-state index is 0.562. The van der Waals surface area contributed by atoms with Crippen molar-refractivity contribution in [3.8, 4) is 0 Å². The maximum absolute atomic E-state index is 8.75. The van der Waals surface area contributed by atoms with Gasteiger partial charge in [0.1, 0.15) is 0 Å². The molecule has 1 aliphatic rings. The van der Waals surface area contributed by atoms with Crippen molar-refractivity contribution >= 4 is 0 Å². The van der Waals surface area contributed by atoms with Gasteiger partial charge in [-0.1, -0.05) is 13.8 Å². The summed E-state index contributed by atoms with van der Waals surface area (Å²) in [5.41, 5.74) is 0. The van der Waals surface area contributed by atoms with Gasteiger partial charge in [-0.25, -0.2) is 0 Å². The molecule has 0 radical (unpaired) electrons. The predicted octanol–water partition coefficient (Wildman–Crippen LogP) is 1.27. The van der Waals surface area contributed by atoms with Gasteiger partial charge >= 0.3 is 0 Å². The van der Waals surface area contributed by atoms with Crippen LogP contribution in [0.15, 0.2) is 0 Å². The standard InChI is InChI=1S/C5H10O2.C2H6/c6-5(7)3-1-2-4-5;1-2/h6-7H,1-4H2;1-2H3. The molecule has 0 bridgehead atoms. The van der Waals surface area contributed by atoms with Crippen molar-refractivity contribution in [1.82, 2.24) is 0 Å². The summed E-state index contributed by atoms with van der Waals surface area (Å²) in [6.07, 6.45) is 3.06. The van der Waals surface area contributed by atoms with Gasteiger partial charge in [0.2, 0.25) is 0 Å². The molecule has 0 heterocycles. The molecule has 0 aromatic heterocycles. The Morgan fingerprint density at radius 2 is 1.33 bits per heavy atom. The molecule has 0 aromatic carbocycles. The molecule has 0 spiro atoms. The van der Waals surface area contributed by atoms with Crippen LogP contribution in [0.3, 0.4) is 0 Å².